The lowest BCUT2D eigenvalue weighted by molar-refractivity contribution is 0.0679. The monoisotopic (exact) mass is 337 g/mol. The molecule has 0 amide bonds. The van der Waals surface area contributed by atoms with Gasteiger partial charge >= 0.3 is 0 Å². The van der Waals surface area contributed by atoms with Gasteiger partial charge in [-0.05, 0) is 49.8 Å². The first-order chi connectivity index (χ1) is 12.1. The van der Waals surface area contributed by atoms with Gasteiger partial charge in [-0.1, -0.05) is 18.2 Å². The molecule has 3 aromatic rings. The minimum atomic E-state index is 0.113. The Balaban J connectivity index is 1.92. The maximum atomic E-state index is 13.4. The van der Waals surface area contributed by atoms with E-state index in [1.165, 1.54) is 0 Å². The minimum absolute atomic E-state index is 0.113. The first-order valence-electron chi connectivity index (χ1n) is 8.85. The van der Waals surface area contributed by atoms with Crippen molar-refractivity contribution >= 4 is 10.8 Å². The summed E-state index contributed by atoms with van der Waals surface area (Å²) in [5.74, 6) is 0. The van der Waals surface area contributed by atoms with Gasteiger partial charge < -0.3 is 9.30 Å². The largest absolute Gasteiger partial charge is 0.381 e. The first-order valence-corrected chi connectivity index (χ1v) is 8.85. The molecule has 0 atom stereocenters. The van der Waals surface area contributed by atoms with Gasteiger partial charge in [0.25, 0.3) is 5.56 Å². The zero-order chi connectivity index (χ0) is 17.4. The van der Waals surface area contributed by atoms with E-state index >= 15 is 0 Å². The van der Waals surface area contributed by atoms with Crippen LogP contribution in [0.3, 0.4) is 0 Å². The molecule has 5 heteroatoms. The predicted octanol–water partition coefficient (Wildman–Crippen LogP) is 3.21. The molecule has 0 N–H and O–H groups in total. The van der Waals surface area contributed by atoms with Gasteiger partial charge in [0.15, 0.2) is 0 Å². The molecule has 0 aliphatic carbocycles. The van der Waals surface area contributed by atoms with Crippen molar-refractivity contribution in [1.29, 1.82) is 0 Å². The fourth-order valence-corrected chi connectivity index (χ4v) is 3.79. The van der Waals surface area contributed by atoms with E-state index in [1.54, 1.807) is 6.20 Å². The van der Waals surface area contributed by atoms with Crippen LogP contribution in [-0.4, -0.2) is 27.6 Å². The molecule has 3 heterocycles. The average Bonchev–Trinajstić information content (AvgIpc) is 3.00. The topological polar surface area (TPSA) is 49.0 Å². The smallest absolute Gasteiger partial charge is 0.259 e. The van der Waals surface area contributed by atoms with E-state index in [-0.39, 0.29) is 11.6 Å². The number of ether oxygens (including phenoxy) is 1. The maximum Gasteiger partial charge on any atom is 0.259 e. The second kappa shape index (κ2) is 6.48. The number of aryl methyl sites for hydroxylation is 2. The molecule has 1 aliphatic rings. The molecular formula is C20H23N3O2. The Kier molecular flexibility index (Phi) is 4.17. The van der Waals surface area contributed by atoms with Gasteiger partial charge in [0.05, 0.1) is 11.9 Å². The van der Waals surface area contributed by atoms with Crippen LogP contribution in [0.5, 0.6) is 0 Å². The summed E-state index contributed by atoms with van der Waals surface area (Å²) in [5.41, 5.74) is 3.25. The molecule has 0 radical (unpaired) electrons. The fraction of sp³-hybridized carbons (Fsp3) is 0.400. The summed E-state index contributed by atoms with van der Waals surface area (Å²) in [4.78, 5) is 13.4. The van der Waals surface area contributed by atoms with Crippen LogP contribution in [0.25, 0.3) is 10.8 Å². The molecule has 25 heavy (non-hydrogen) atoms. The molecule has 0 spiro atoms. The number of pyridine rings is 1. The molecule has 1 fully saturated rings. The summed E-state index contributed by atoms with van der Waals surface area (Å²) < 4.78 is 9.45. The van der Waals surface area contributed by atoms with E-state index < -0.39 is 0 Å². The van der Waals surface area contributed by atoms with Crippen LogP contribution < -0.4 is 5.56 Å². The number of nitrogens with zero attached hydrogens (tertiary/aromatic N) is 3. The van der Waals surface area contributed by atoms with Gasteiger partial charge in [0.2, 0.25) is 0 Å². The minimum Gasteiger partial charge on any atom is -0.381 e. The van der Waals surface area contributed by atoms with Crippen molar-refractivity contribution in [2.24, 2.45) is 0 Å². The average molecular weight is 337 g/mol. The van der Waals surface area contributed by atoms with Crippen molar-refractivity contribution in [1.82, 2.24) is 14.3 Å². The molecule has 5 nitrogen and oxygen atoms in total. The van der Waals surface area contributed by atoms with Gasteiger partial charge in [-0.15, -0.1) is 0 Å². The predicted molar refractivity (Wildman–Crippen MR) is 98.1 cm³/mol. The Hall–Kier alpha value is -2.40. The summed E-state index contributed by atoms with van der Waals surface area (Å²) in [6.07, 6.45) is 3.56. The van der Waals surface area contributed by atoms with Crippen LogP contribution in [0.2, 0.25) is 0 Å². The van der Waals surface area contributed by atoms with E-state index in [0.29, 0.717) is 19.8 Å². The number of fused-ring (bicyclic) bond motifs is 1. The summed E-state index contributed by atoms with van der Waals surface area (Å²) in [5, 5.41) is 6.24. The van der Waals surface area contributed by atoms with Gasteiger partial charge in [0.1, 0.15) is 0 Å². The van der Waals surface area contributed by atoms with Crippen molar-refractivity contribution in [3.8, 4) is 0 Å². The molecule has 4 rings (SSSR count). The standard InChI is InChI=1S/C20H23N3O2/c1-14-4-3-5-16-12-18(13-22-15(2)6-9-21-22)23(20(24)19(14)16)17-7-10-25-11-8-17/h3-6,9,12,17H,7-8,10-11,13H2,1-2H3. The third-order valence-corrected chi connectivity index (χ3v) is 5.17. The van der Waals surface area contributed by atoms with Crippen molar-refractivity contribution < 1.29 is 4.74 Å². The highest BCUT2D eigenvalue weighted by Crippen LogP contribution is 2.25. The summed E-state index contributed by atoms with van der Waals surface area (Å²) >= 11 is 0. The van der Waals surface area contributed by atoms with Crippen LogP contribution in [0.4, 0.5) is 0 Å². The maximum absolute atomic E-state index is 13.4. The lowest BCUT2D eigenvalue weighted by atomic mass is 10.0. The number of aromatic nitrogens is 3. The van der Waals surface area contributed by atoms with Crippen molar-refractivity contribution in [2.75, 3.05) is 13.2 Å². The van der Waals surface area contributed by atoms with Crippen LogP contribution in [0.15, 0.2) is 41.3 Å². The van der Waals surface area contributed by atoms with Crippen LogP contribution in [0, 0.1) is 13.8 Å². The number of rotatable bonds is 3. The highest BCUT2D eigenvalue weighted by atomic mass is 16.5. The molecule has 0 saturated carbocycles. The third kappa shape index (κ3) is 2.89. The number of hydrogen-bond acceptors (Lipinski definition) is 3. The Bertz CT molecular complexity index is 965. The summed E-state index contributed by atoms with van der Waals surface area (Å²) in [6.45, 7) is 6.08. The Morgan fingerprint density at radius 1 is 1.20 bits per heavy atom. The van der Waals surface area contributed by atoms with Gasteiger partial charge in [-0.3, -0.25) is 9.48 Å². The molecule has 0 bridgehead atoms. The highest BCUT2D eigenvalue weighted by molar-refractivity contribution is 5.85. The van der Waals surface area contributed by atoms with Gasteiger partial charge in [-0.2, -0.15) is 5.10 Å². The fourth-order valence-electron chi connectivity index (χ4n) is 3.79. The number of benzene rings is 1. The summed E-state index contributed by atoms with van der Waals surface area (Å²) in [7, 11) is 0. The van der Waals surface area contributed by atoms with Crippen molar-refractivity contribution in [3.63, 3.8) is 0 Å². The molecular weight excluding hydrogens is 314 g/mol. The zero-order valence-electron chi connectivity index (χ0n) is 14.7. The van der Waals surface area contributed by atoms with Crippen LogP contribution in [0.1, 0.15) is 35.8 Å². The van der Waals surface area contributed by atoms with E-state index in [9.17, 15) is 4.79 Å². The van der Waals surface area contributed by atoms with Crippen LogP contribution in [-0.2, 0) is 11.3 Å². The second-order valence-corrected chi connectivity index (χ2v) is 6.82. The summed E-state index contributed by atoms with van der Waals surface area (Å²) in [6, 6.07) is 10.4. The molecule has 130 valence electrons. The molecule has 0 unspecified atom stereocenters. The highest BCUT2D eigenvalue weighted by Gasteiger charge is 2.22. The van der Waals surface area contributed by atoms with E-state index in [4.69, 9.17) is 4.74 Å². The van der Waals surface area contributed by atoms with Crippen molar-refractivity contribution in [3.05, 3.63) is 63.8 Å². The molecule has 1 aliphatic heterocycles. The normalized spacial score (nSPS) is 15.8. The van der Waals surface area contributed by atoms with Crippen molar-refractivity contribution in [2.45, 2.75) is 39.3 Å². The lowest BCUT2D eigenvalue weighted by Gasteiger charge is -2.27. The van der Waals surface area contributed by atoms with Gasteiger partial charge in [-0.25, -0.2) is 0 Å². The van der Waals surface area contributed by atoms with E-state index in [2.05, 4.69) is 11.2 Å². The molecule has 1 saturated heterocycles. The molecule has 2 aromatic heterocycles. The zero-order valence-corrected chi connectivity index (χ0v) is 14.7. The Morgan fingerprint density at radius 2 is 2.00 bits per heavy atom. The lowest BCUT2D eigenvalue weighted by Crippen LogP contribution is -2.32. The second-order valence-electron chi connectivity index (χ2n) is 6.82. The quantitative estimate of drug-likeness (QED) is 0.737. The Morgan fingerprint density at radius 3 is 2.72 bits per heavy atom. The third-order valence-electron chi connectivity index (χ3n) is 5.17. The van der Waals surface area contributed by atoms with E-state index in [1.807, 2.05) is 47.4 Å². The first kappa shape index (κ1) is 16.1. The SMILES string of the molecule is Cc1cccc2cc(Cn3nccc3C)n(C3CCOCC3)c(=O)c12. The number of hydrogen-bond donors (Lipinski definition) is 0. The van der Waals surface area contributed by atoms with E-state index in [0.717, 1.165) is 40.6 Å². The molecule has 1 aromatic carbocycles. The van der Waals surface area contributed by atoms with Gasteiger partial charge in [0, 0.05) is 36.8 Å². The Labute approximate surface area is 146 Å². The van der Waals surface area contributed by atoms with Crippen LogP contribution >= 0.6 is 0 Å².